The van der Waals surface area contributed by atoms with Gasteiger partial charge >= 0.3 is 0 Å². The number of carbonyl (C=O) groups excluding carboxylic acids is 1. The highest BCUT2D eigenvalue weighted by molar-refractivity contribution is 9.10. The van der Waals surface area contributed by atoms with Crippen molar-refractivity contribution in [3.05, 3.63) is 28.2 Å². The summed E-state index contributed by atoms with van der Waals surface area (Å²) in [5, 5.41) is 2.88. The fourth-order valence-corrected chi connectivity index (χ4v) is 2.18. The lowest BCUT2D eigenvalue weighted by Gasteiger charge is -2.15. The molecular formula is C15H23BrN2O2. The Bertz CT molecular complexity index is 438. The van der Waals surface area contributed by atoms with Crippen LogP contribution in [0.4, 0.5) is 0 Å². The molecule has 0 saturated heterocycles. The zero-order valence-corrected chi connectivity index (χ0v) is 13.7. The van der Waals surface area contributed by atoms with Crippen LogP contribution >= 0.6 is 15.9 Å². The molecule has 0 radical (unpaired) electrons. The van der Waals surface area contributed by atoms with E-state index in [-0.39, 0.29) is 5.91 Å². The highest BCUT2D eigenvalue weighted by atomic mass is 79.9. The van der Waals surface area contributed by atoms with Crippen LogP contribution in [-0.2, 0) is 11.3 Å². The Morgan fingerprint density at radius 2 is 2.20 bits per heavy atom. The SMILES string of the molecule is CCCCCNC(=O)C(C)Oc1ccc(Br)c(CN)c1. The first kappa shape index (κ1) is 17.0. The maximum atomic E-state index is 11.9. The van der Waals surface area contributed by atoms with E-state index >= 15 is 0 Å². The van der Waals surface area contributed by atoms with E-state index < -0.39 is 6.10 Å². The van der Waals surface area contributed by atoms with Gasteiger partial charge in [-0.05, 0) is 37.1 Å². The van der Waals surface area contributed by atoms with Gasteiger partial charge in [-0.2, -0.15) is 0 Å². The molecule has 0 aromatic heterocycles. The monoisotopic (exact) mass is 342 g/mol. The molecule has 0 aliphatic carbocycles. The molecule has 1 amide bonds. The molecule has 0 spiro atoms. The van der Waals surface area contributed by atoms with Crippen LogP contribution in [0.15, 0.2) is 22.7 Å². The highest BCUT2D eigenvalue weighted by Gasteiger charge is 2.14. The first-order valence-corrected chi connectivity index (χ1v) is 7.80. The molecule has 20 heavy (non-hydrogen) atoms. The van der Waals surface area contributed by atoms with Crippen LogP contribution in [0, 0.1) is 0 Å². The van der Waals surface area contributed by atoms with Crippen molar-refractivity contribution in [1.82, 2.24) is 5.32 Å². The van der Waals surface area contributed by atoms with Gasteiger partial charge in [0.15, 0.2) is 6.10 Å². The van der Waals surface area contributed by atoms with Crippen molar-refractivity contribution in [1.29, 1.82) is 0 Å². The van der Waals surface area contributed by atoms with E-state index in [1.807, 2.05) is 18.2 Å². The average Bonchev–Trinajstić information content (AvgIpc) is 2.45. The molecule has 112 valence electrons. The molecular weight excluding hydrogens is 320 g/mol. The van der Waals surface area contributed by atoms with Crippen LogP contribution in [0.5, 0.6) is 5.75 Å². The Labute approximate surface area is 129 Å². The van der Waals surface area contributed by atoms with E-state index in [0.717, 1.165) is 29.3 Å². The fourth-order valence-electron chi connectivity index (χ4n) is 1.77. The molecule has 0 aliphatic heterocycles. The third-order valence-corrected chi connectivity index (χ3v) is 3.77. The Kier molecular flexibility index (Phi) is 7.62. The molecule has 0 fully saturated rings. The molecule has 5 heteroatoms. The number of hydrogen-bond donors (Lipinski definition) is 2. The lowest BCUT2D eigenvalue weighted by molar-refractivity contribution is -0.127. The average molecular weight is 343 g/mol. The summed E-state index contributed by atoms with van der Waals surface area (Å²) >= 11 is 3.42. The van der Waals surface area contributed by atoms with Gasteiger partial charge < -0.3 is 15.8 Å². The maximum Gasteiger partial charge on any atom is 0.260 e. The van der Waals surface area contributed by atoms with Gasteiger partial charge in [-0.15, -0.1) is 0 Å². The lowest BCUT2D eigenvalue weighted by atomic mass is 10.2. The molecule has 1 atom stereocenters. The van der Waals surface area contributed by atoms with E-state index in [4.69, 9.17) is 10.5 Å². The van der Waals surface area contributed by atoms with Crippen LogP contribution in [0.1, 0.15) is 38.7 Å². The molecule has 0 saturated carbocycles. The molecule has 0 aliphatic rings. The largest absolute Gasteiger partial charge is 0.481 e. The summed E-state index contributed by atoms with van der Waals surface area (Å²) in [5.41, 5.74) is 6.60. The fraction of sp³-hybridized carbons (Fsp3) is 0.533. The summed E-state index contributed by atoms with van der Waals surface area (Å²) in [6, 6.07) is 5.55. The first-order chi connectivity index (χ1) is 9.58. The van der Waals surface area contributed by atoms with E-state index in [0.29, 0.717) is 18.8 Å². The Morgan fingerprint density at radius 1 is 1.45 bits per heavy atom. The highest BCUT2D eigenvalue weighted by Crippen LogP contribution is 2.22. The zero-order chi connectivity index (χ0) is 15.0. The van der Waals surface area contributed by atoms with E-state index in [9.17, 15) is 4.79 Å². The zero-order valence-electron chi connectivity index (χ0n) is 12.1. The normalized spacial score (nSPS) is 12.0. The number of rotatable bonds is 8. The summed E-state index contributed by atoms with van der Waals surface area (Å²) in [4.78, 5) is 11.9. The van der Waals surface area contributed by atoms with Crippen LogP contribution in [0.3, 0.4) is 0 Å². The van der Waals surface area contributed by atoms with Gasteiger partial charge in [-0.25, -0.2) is 0 Å². The number of nitrogens with one attached hydrogen (secondary N) is 1. The first-order valence-electron chi connectivity index (χ1n) is 7.01. The standard InChI is InChI=1S/C15H23BrN2O2/c1-3-4-5-8-18-15(19)11(2)20-13-6-7-14(16)12(9-13)10-17/h6-7,9,11H,3-5,8,10,17H2,1-2H3,(H,18,19). The van der Waals surface area contributed by atoms with Crippen molar-refractivity contribution in [2.75, 3.05) is 6.54 Å². The van der Waals surface area contributed by atoms with Gasteiger partial charge in [-0.1, -0.05) is 35.7 Å². The number of amides is 1. The summed E-state index contributed by atoms with van der Waals surface area (Å²) in [7, 11) is 0. The van der Waals surface area contributed by atoms with Crippen molar-refractivity contribution in [3.8, 4) is 5.75 Å². The Balaban J connectivity index is 2.48. The maximum absolute atomic E-state index is 11.9. The van der Waals surface area contributed by atoms with Gasteiger partial charge in [0.25, 0.3) is 5.91 Å². The van der Waals surface area contributed by atoms with E-state index in [2.05, 4.69) is 28.2 Å². The molecule has 1 unspecified atom stereocenters. The number of benzene rings is 1. The minimum atomic E-state index is -0.511. The quantitative estimate of drug-likeness (QED) is 0.713. The molecule has 0 bridgehead atoms. The van der Waals surface area contributed by atoms with Gasteiger partial charge in [0.2, 0.25) is 0 Å². The Hall–Kier alpha value is -1.07. The van der Waals surface area contributed by atoms with Crippen LogP contribution < -0.4 is 15.8 Å². The molecule has 1 rings (SSSR count). The van der Waals surface area contributed by atoms with Crippen molar-refractivity contribution in [2.24, 2.45) is 5.73 Å². The summed E-state index contributed by atoms with van der Waals surface area (Å²) in [6.45, 7) is 5.01. The van der Waals surface area contributed by atoms with Crippen molar-refractivity contribution >= 4 is 21.8 Å². The van der Waals surface area contributed by atoms with Crippen molar-refractivity contribution < 1.29 is 9.53 Å². The summed E-state index contributed by atoms with van der Waals surface area (Å²) < 4.78 is 6.59. The predicted molar refractivity (Wildman–Crippen MR) is 84.7 cm³/mol. The minimum Gasteiger partial charge on any atom is -0.481 e. The second-order valence-electron chi connectivity index (χ2n) is 4.72. The minimum absolute atomic E-state index is 0.0849. The summed E-state index contributed by atoms with van der Waals surface area (Å²) in [6.07, 6.45) is 2.76. The van der Waals surface area contributed by atoms with E-state index in [1.54, 1.807) is 6.92 Å². The molecule has 3 N–H and O–H groups in total. The third-order valence-electron chi connectivity index (χ3n) is 3.00. The topological polar surface area (TPSA) is 64.3 Å². The molecule has 4 nitrogen and oxygen atoms in total. The van der Waals surface area contributed by atoms with Crippen molar-refractivity contribution in [3.63, 3.8) is 0 Å². The second-order valence-corrected chi connectivity index (χ2v) is 5.57. The number of carbonyl (C=O) groups is 1. The Morgan fingerprint density at radius 3 is 2.85 bits per heavy atom. The van der Waals surface area contributed by atoms with Crippen LogP contribution in [0.2, 0.25) is 0 Å². The molecule has 1 aromatic rings. The summed E-state index contributed by atoms with van der Waals surface area (Å²) in [5.74, 6) is 0.572. The lowest BCUT2D eigenvalue weighted by Crippen LogP contribution is -2.36. The third kappa shape index (κ3) is 5.51. The van der Waals surface area contributed by atoms with Crippen LogP contribution in [-0.4, -0.2) is 18.6 Å². The van der Waals surface area contributed by atoms with Gasteiger partial charge in [0.1, 0.15) is 5.75 Å². The molecule has 0 heterocycles. The predicted octanol–water partition coefficient (Wildman–Crippen LogP) is 2.98. The van der Waals surface area contributed by atoms with E-state index in [1.165, 1.54) is 0 Å². The van der Waals surface area contributed by atoms with Gasteiger partial charge in [-0.3, -0.25) is 4.79 Å². The van der Waals surface area contributed by atoms with Crippen LogP contribution in [0.25, 0.3) is 0 Å². The van der Waals surface area contributed by atoms with Crippen molar-refractivity contribution in [2.45, 2.75) is 45.8 Å². The number of halogens is 1. The smallest absolute Gasteiger partial charge is 0.260 e. The number of ether oxygens (including phenoxy) is 1. The number of nitrogens with two attached hydrogens (primary N) is 1. The number of hydrogen-bond acceptors (Lipinski definition) is 3. The molecule has 1 aromatic carbocycles. The number of unbranched alkanes of at least 4 members (excludes halogenated alkanes) is 2. The van der Waals surface area contributed by atoms with Gasteiger partial charge in [0, 0.05) is 17.6 Å². The van der Waals surface area contributed by atoms with Gasteiger partial charge in [0.05, 0.1) is 0 Å². The second kappa shape index (κ2) is 8.97.